The molecule has 31 heavy (non-hydrogen) atoms. The van der Waals surface area contributed by atoms with E-state index in [1.807, 2.05) is 24.3 Å². The maximum atomic E-state index is 12.8. The van der Waals surface area contributed by atoms with Crippen molar-refractivity contribution in [1.29, 1.82) is 0 Å². The van der Waals surface area contributed by atoms with Crippen LogP contribution in [0.4, 0.5) is 13.2 Å². The van der Waals surface area contributed by atoms with Gasteiger partial charge in [-0.1, -0.05) is 18.2 Å². The first kappa shape index (κ1) is 21.3. The van der Waals surface area contributed by atoms with Crippen LogP contribution in [0.1, 0.15) is 12.8 Å². The van der Waals surface area contributed by atoms with Gasteiger partial charge in [0.15, 0.2) is 0 Å². The molecule has 11 heteroatoms. The highest BCUT2D eigenvalue weighted by Gasteiger charge is 2.33. The molecule has 0 spiro atoms. The van der Waals surface area contributed by atoms with Crippen molar-refractivity contribution in [2.45, 2.75) is 30.2 Å². The topological polar surface area (TPSA) is 81.6 Å². The highest BCUT2D eigenvalue weighted by molar-refractivity contribution is 7.89. The highest BCUT2D eigenvalue weighted by atomic mass is 32.2. The summed E-state index contributed by atoms with van der Waals surface area (Å²) in [6.07, 6.45) is -2.54. The third-order valence-electron chi connectivity index (χ3n) is 4.91. The quantitative estimate of drug-likeness (QED) is 0.585. The minimum Gasteiger partial charge on any atom is -0.473 e. The van der Waals surface area contributed by atoms with Gasteiger partial charge in [0.25, 0.3) is 0 Å². The summed E-state index contributed by atoms with van der Waals surface area (Å²) in [5.74, 6) is -0.0746. The number of sulfonamides is 1. The number of hydrogen-bond donors (Lipinski definition) is 0. The van der Waals surface area contributed by atoms with E-state index in [4.69, 9.17) is 4.74 Å². The van der Waals surface area contributed by atoms with Gasteiger partial charge in [-0.2, -0.15) is 9.40 Å². The van der Waals surface area contributed by atoms with Crippen molar-refractivity contribution in [2.75, 3.05) is 13.1 Å². The molecule has 0 atom stereocenters. The second-order valence-electron chi connectivity index (χ2n) is 6.98. The summed E-state index contributed by atoms with van der Waals surface area (Å²) in [5, 5.41) is 9.71. The van der Waals surface area contributed by atoms with Gasteiger partial charge in [0.2, 0.25) is 15.9 Å². The van der Waals surface area contributed by atoms with Crippen LogP contribution in [0, 0.1) is 0 Å². The van der Waals surface area contributed by atoms with E-state index in [-0.39, 0.29) is 24.1 Å². The van der Waals surface area contributed by atoms with Crippen LogP contribution >= 0.6 is 0 Å². The van der Waals surface area contributed by atoms with E-state index in [0.717, 1.165) is 35.0 Å². The maximum absolute atomic E-state index is 12.8. The Balaban J connectivity index is 1.41. The Kier molecular flexibility index (Phi) is 5.71. The van der Waals surface area contributed by atoms with E-state index in [1.165, 1.54) is 4.31 Å². The van der Waals surface area contributed by atoms with Crippen molar-refractivity contribution in [1.82, 2.24) is 14.5 Å². The normalized spacial score (nSPS) is 16.4. The number of benzene rings is 2. The summed E-state index contributed by atoms with van der Waals surface area (Å²) < 4.78 is 73.5. The SMILES string of the molecule is O=S(=O)(c1ccc(OC(F)(F)F)cc1)N1CCC(Oc2nncc3ccccc23)CC1. The van der Waals surface area contributed by atoms with Gasteiger partial charge in [-0.05, 0) is 43.2 Å². The lowest BCUT2D eigenvalue weighted by atomic mass is 10.1. The maximum Gasteiger partial charge on any atom is 0.573 e. The fourth-order valence-corrected chi connectivity index (χ4v) is 4.87. The number of rotatable bonds is 5. The number of hydrogen-bond acceptors (Lipinski definition) is 6. The van der Waals surface area contributed by atoms with E-state index < -0.39 is 22.1 Å². The van der Waals surface area contributed by atoms with Crippen LogP contribution in [0.15, 0.2) is 59.6 Å². The molecule has 4 rings (SSSR count). The fraction of sp³-hybridized carbons (Fsp3) is 0.300. The van der Waals surface area contributed by atoms with Gasteiger partial charge in [0.05, 0.1) is 11.1 Å². The van der Waals surface area contributed by atoms with Gasteiger partial charge in [-0.15, -0.1) is 18.3 Å². The molecule has 1 saturated heterocycles. The number of aromatic nitrogens is 2. The summed E-state index contributed by atoms with van der Waals surface area (Å²) in [6.45, 7) is 0.429. The molecule has 1 fully saturated rings. The lowest BCUT2D eigenvalue weighted by Crippen LogP contribution is -2.41. The second-order valence-corrected chi connectivity index (χ2v) is 8.92. The molecule has 7 nitrogen and oxygen atoms in total. The van der Waals surface area contributed by atoms with Crippen molar-refractivity contribution in [3.8, 4) is 11.6 Å². The first-order valence-corrected chi connectivity index (χ1v) is 10.9. The van der Waals surface area contributed by atoms with Crippen LogP contribution in [-0.4, -0.2) is 48.5 Å². The van der Waals surface area contributed by atoms with Gasteiger partial charge in [0.1, 0.15) is 11.9 Å². The molecule has 0 unspecified atom stereocenters. The molecule has 1 aromatic heterocycles. The molecule has 164 valence electrons. The van der Waals surface area contributed by atoms with E-state index in [2.05, 4.69) is 14.9 Å². The Morgan fingerprint density at radius 2 is 1.68 bits per heavy atom. The largest absolute Gasteiger partial charge is 0.573 e. The number of piperidine rings is 1. The highest BCUT2D eigenvalue weighted by Crippen LogP contribution is 2.28. The molecule has 2 aromatic carbocycles. The summed E-state index contributed by atoms with van der Waals surface area (Å²) >= 11 is 0. The monoisotopic (exact) mass is 453 g/mol. The first-order chi connectivity index (χ1) is 14.7. The van der Waals surface area contributed by atoms with Crippen LogP contribution in [-0.2, 0) is 10.0 Å². The average Bonchev–Trinajstić information content (AvgIpc) is 2.74. The predicted octanol–water partition coefficient (Wildman–Crippen LogP) is 3.76. The van der Waals surface area contributed by atoms with Crippen molar-refractivity contribution in [3.05, 3.63) is 54.7 Å². The first-order valence-electron chi connectivity index (χ1n) is 9.45. The van der Waals surface area contributed by atoms with Crippen LogP contribution in [0.5, 0.6) is 11.6 Å². The average molecular weight is 453 g/mol. The summed E-state index contributed by atoms with van der Waals surface area (Å²) in [4.78, 5) is -0.0960. The molecule has 3 aromatic rings. The number of alkyl halides is 3. The smallest absolute Gasteiger partial charge is 0.473 e. The molecule has 1 aliphatic rings. The van der Waals surface area contributed by atoms with E-state index in [1.54, 1.807) is 6.20 Å². The van der Waals surface area contributed by atoms with Crippen LogP contribution in [0.3, 0.4) is 0 Å². The van der Waals surface area contributed by atoms with Crippen LogP contribution in [0.25, 0.3) is 10.8 Å². The van der Waals surface area contributed by atoms with E-state index in [0.29, 0.717) is 18.7 Å². The molecule has 0 saturated carbocycles. The lowest BCUT2D eigenvalue weighted by molar-refractivity contribution is -0.274. The predicted molar refractivity (Wildman–Crippen MR) is 105 cm³/mol. The van der Waals surface area contributed by atoms with E-state index >= 15 is 0 Å². The molecule has 0 N–H and O–H groups in total. The Labute approximate surface area is 176 Å². The molecule has 1 aliphatic heterocycles. The van der Waals surface area contributed by atoms with Gasteiger partial charge >= 0.3 is 6.36 Å². The molecule has 0 radical (unpaired) electrons. The Bertz CT molecular complexity index is 1160. The van der Waals surface area contributed by atoms with Gasteiger partial charge in [0, 0.05) is 23.9 Å². The molecular formula is C20H18F3N3O4S. The minimum absolute atomic E-state index is 0.0960. The summed E-state index contributed by atoms with van der Waals surface area (Å²) in [5.41, 5.74) is 0. The van der Waals surface area contributed by atoms with Gasteiger partial charge in [-0.25, -0.2) is 8.42 Å². The van der Waals surface area contributed by atoms with Crippen molar-refractivity contribution in [3.63, 3.8) is 0 Å². The summed E-state index contributed by atoms with van der Waals surface area (Å²) in [6, 6.07) is 11.7. The van der Waals surface area contributed by atoms with Crippen LogP contribution in [0.2, 0.25) is 0 Å². The number of fused-ring (bicyclic) bond motifs is 1. The van der Waals surface area contributed by atoms with E-state index in [9.17, 15) is 21.6 Å². The standard InChI is InChI=1S/C20H18F3N3O4S/c21-20(22,23)30-16-5-7-17(8-6-16)31(27,28)26-11-9-15(10-12-26)29-19-18-4-2-1-3-14(18)13-24-25-19/h1-8,13,15H,9-12H2. The Morgan fingerprint density at radius 3 is 2.35 bits per heavy atom. The van der Waals surface area contributed by atoms with Gasteiger partial charge in [-0.3, -0.25) is 0 Å². The van der Waals surface area contributed by atoms with Crippen molar-refractivity contribution >= 4 is 20.8 Å². The molecule has 0 aliphatic carbocycles. The molecule has 2 heterocycles. The van der Waals surface area contributed by atoms with Crippen molar-refractivity contribution < 1.29 is 31.1 Å². The third kappa shape index (κ3) is 4.88. The summed E-state index contributed by atoms with van der Waals surface area (Å²) in [7, 11) is -3.84. The zero-order valence-electron chi connectivity index (χ0n) is 16.1. The second kappa shape index (κ2) is 8.31. The number of nitrogens with zero attached hydrogens (tertiary/aromatic N) is 3. The molecule has 0 bridgehead atoms. The molecule has 0 amide bonds. The van der Waals surface area contributed by atoms with Crippen molar-refractivity contribution in [2.24, 2.45) is 0 Å². The zero-order valence-corrected chi connectivity index (χ0v) is 16.9. The van der Waals surface area contributed by atoms with Crippen LogP contribution < -0.4 is 9.47 Å². The zero-order chi connectivity index (χ0) is 22.1. The lowest BCUT2D eigenvalue weighted by Gasteiger charge is -2.31. The molecular weight excluding hydrogens is 435 g/mol. The number of ether oxygens (including phenoxy) is 2. The third-order valence-corrected chi connectivity index (χ3v) is 6.82. The fourth-order valence-electron chi connectivity index (χ4n) is 3.40. The van der Waals surface area contributed by atoms with Gasteiger partial charge < -0.3 is 9.47 Å². The minimum atomic E-state index is -4.84. The Hall–Kier alpha value is -2.92. The number of halogens is 3. The Morgan fingerprint density at radius 1 is 1.00 bits per heavy atom.